The van der Waals surface area contributed by atoms with Gasteiger partial charge in [-0.05, 0) is 42.8 Å². The molecule has 0 aliphatic heterocycles. The minimum absolute atomic E-state index is 0.363. The molecule has 0 radical (unpaired) electrons. The topological polar surface area (TPSA) is 61.4 Å². The molecule has 0 spiro atoms. The molecule has 6 heteroatoms. The zero-order valence-corrected chi connectivity index (χ0v) is 12.7. The molecule has 0 heterocycles. The number of rotatable bonds is 3. The van der Waals surface area contributed by atoms with Crippen LogP contribution in [0.3, 0.4) is 0 Å². The molecule has 2 aromatic carbocycles. The molecule has 0 aliphatic carbocycles. The molecule has 1 atom stereocenters. The van der Waals surface area contributed by atoms with Crippen LogP contribution < -0.4 is 10.6 Å². The summed E-state index contributed by atoms with van der Waals surface area (Å²) in [4.78, 5) is 11.9. The van der Waals surface area contributed by atoms with Gasteiger partial charge in [0.1, 0.15) is 0 Å². The second-order valence-corrected chi connectivity index (χ2v) is 5.34. The van der Waals surface area contributed by atoms with Crippen LogP contribution in [0.4, 0.5) is 16.2 Å². The van der Waals surface area contributed by atoms with Gasteiger partial charge in [-0.3, -0.25) is 0 Å². The van der Waals surface area contributed by atoms with Gasteiger partial charge in [0.25, 0.3) is 0 Å². The van der Waals surface area contributed by atoms with Crippen LogP contribution in [0.25, 0.3) is 0 Å². The van der Waals surface area contributed by atoms with Crippen LogP contribution in [-0.4, -0.2) is 11.1 Å². The maximum atomic E-state index is 11.9. The van der Waals surface area contributed by atoms with E-state index < -0.39 is 12.1 Å². The monoisotopic (exact) mass is 324 g/mol. The number of carbonyl (C=O) groups excluding carboxylic acids is 1. The number of hydrogen-bond acceptors (Lipinski definition) is 2. The first-order chi connectivity index (χ1) is 9.95. The summed E-state index contributed by atoms with van der Waals surface area (Å²) in [6.45, 7) is 1.68. The van der Waals surface area contributed by atoms with Crippen molar-refractivity contribution in [3.8, 4) is 0 Å². The van der Waals surface area contributed by atoms with Gasteiger partial charge in [-0.2, -0.15) is 0 Å². The van der Waals surface area contributed by atoms with Gasteiger partial charge in [-0.1, -0.05) is 35.3 Å². The SMILES string of the molecule is CC(O)c1ccc(NC(=O)Nc2ccc(Cl)cc2Cl)cc1. The van der Waals surface area contributed by atoms with Crippen LogP contribution in [0.1, 0.15) is 18.6 Å². The predicted octanol–water partition coefficient (Wildman–Crippen LogP) is 4.69. The molecule has 0 fully saturated rings. The lowest BCUT2D eigenvalue weighted by Crippen LogP contribution is -2.19. The van der Waals surface area contributed by atoms with Crippen LogP contribution >= 0.6 is 23.2 Å². The summed E-state index contributed by atoms with van der Waals surface area (Å²) in [7, 11) is 0. The van der Waals surface area contributed by atoms with E-state index in [4.69, 9.17) is 23.2 Å². The lowest BCUT2D eigenvalue weighted by atomic mass is 10.1. The van der Waals surface area contributed by atoms with Gasteiger partial charge in [-0.15, -0.1) is 0 Å². The second kappa shape index (κ2) is 6.80. The molecular formula is C15H14Cl2N2O2. The summed E-state index contributed by atoms with van der Waals surface area (Å²) < 4.78 is 0. The van der Waals surface area contributed by atoms with E-state index in [1.54, 1.807) is 49.4 Å². The standard InChI is InChI=1S/C15H14Cl2N2O2/c1-9(20)10-2-5-12(6-3-10)18-15(21)19-14-7-4-11(16)8-13(14)17/h2-9,20H,1H3,(H2,18,19,21). The zero-order valence-electron chi connectivity index (χ0n) is 11.2. The number of halogens is 2. The molecule has 0 aromatic heterocycles. The fourth-order valence-electron chi connectivity index (χ4n) is 1.72. The molecule has 2 rings (SSSR count). The van der Waals surface area contributed by atoms with E-state index in [-0.39, 0.29) is 0 Å². The van der Waals surface area contributed by atoms with Crippen LogP contribution in [0, 0.1) is 0 Å². The van der Waals surface area contributed by atoms with E-state index >= 15 is 0 Å². The van der Waals surface area contributed by atoms with E-state index in [0.717, 1.165) is 5.56 Å². The molecule has 0 aliphatic rings. The number of carbonyl (C=O) groups is 1. The quantitative estimate of drug-likeness (QED) is 0.766. The van der Waals surface area contributed by atoms with Crippen LogP contribution in [0.2, 0.25) is 10.0 Å². The molecule has 0 saturated carbocycles. The van der Waals surface area contributed by atoms with Crippen molar-refractivity contribution in [1.29, 1.82) is 0 Å². The van der Waals surface area contributed by atoms with Crippen molar-refractivity contribution in [3.05, 3.63) is 58.1 Å². The van der Waals surface area contributed by atoms with Crippen molar-refractivity contribution >= 4 is 40.6 Å². The normalized spacial score (nSPS) is 11.8. The van der Waals surface area contributed by atoms with Crippen molar-refractivity contribution in [1.82, 2.24) is 0 Å². The number of aliphatic hydroxyl groups is 1. The van der Waals surface area contributed by atoms with E-state index in [2.05, 4.69) is 10.6 Å². The van der Waals surface area contributed by atoms with Crippen molar-refractivity contribution in [2.45, 2.75) is 13.0 Å². The number of hydrogen-bond donors (Lipinski definition) is 3. The number of benzene rings is 2. The molecule has 2 aromatic rings. The summed E-state index contributed by atoms with van der Waals surface area (Å²) >= 11 is 11.8. The summed E-state index contributed by atoms with van der Waals surface area (Å²) in [6, 6.07) is 11.3. The van der Waals surface area contributed by atoms with Gasteiger partial charge in [0, 0.05) is 10.7 Å². The Labute approximate surface area is 132 Å². The lowest BCUT2D eigenvalue weighted by Gasteiger charge is -2.10. The van der Waals surface area contributed by atoms with Crippen molar-refractivity contribution in [3.63, 3.8) is 0 Å². The zero-order chi connectivity index (χ0) is 15.4. The highest BCUT2D eigenvalue weighted by Gasteiger charge is 2.07. The highest BCUT2D eigenvalue weighted by molar-refractivity contribution is 6.36. The predicted molar refractivity (Wildman–Crippen MR) is 86.2 cm³/mol. The minimum Gasteiger partial charge on any atom is -0.389 e. The molecule has 1 unspecified atom stereocenters. The summed E-state index contributed by atoms with van der Waals surface area (Å²) in [5.41, 5.74) is 1.86. The molecule has 3 N–H and O–H groups in total. The maximum Gasteiger partial charge on any atom is 0.323 e. The smallest absolute Gasteiger partial charge is 0.323 e. The van der Waals surface area contributed by atoms with E-state index in [1.807, 2.05) is 0 Å². The number of anilines is 2. The first-order valence-electron chi connectivity index (χ1n) is 6.27. The Morgan fingerprint density at radius 1 is 1.10 bits per heavy atom. The highest BCUT2D eigenvalue weighted by atomic mass is 35.5. The van der Waals surface area contributed by atoms with Gasteiger partial charge in [0.15, 0.2) is 0 Å². The lowest BCUT2D eigenvalue weighted by molar-refractivity contribution is 0.199. The van der Waals surface area contributed by atoms with Crippen LogP contribution in [0.5, 0.6) is 0 Å². The average Bonchev–Trinajstić information content (AvgIpc) is 2.42. The minimum atomic E-state index is -0.541. The largest absolute Gasteiger partial charge is 0.389 e. The summed E-state index contributed by atoms with van der Waals surface area (Å²) in [5.74, 6) is 0. The maximum absolute atomic E-state index is 11.9. The third kappa shape index (κ3) is 4.36. The van der Waals surface area contributed by atoms with E-state index in [9.17, 15) is 9.90 Å². The molecule has 0 saturated heterocycles. The molecule has 2 amide bonds. The molecule has 4 nitrogen and oxygen atoms in total. The van der Waals surface area contributed by atoms with E-state index in [1.165, 1.54) is 0 Å². The van der Waals surface area contributed by atoms with E-state index in [0.29, 0.717) is 21.4 Å². The number of aliphatic hydroxyl groups excluding tert-OH is 1. The van der Waals surface area contributed by atoms with Crippen molar-refractivity contribution < 1.29 is 9.90 Å². The van der Waals surface area contributed by atoms with Crippen LogP contribution in [0.15, 0.2) is 42.5 Å². The number of nitrogens with one attached hydrogen (secondary N) is 2. The van der Waals surface area contributed by atoms with Crippen molar-refractivity contribution in [2.75, 3.05) is 10.6 Å². The Kier molecular flexibility index (Phi) is 5.07. The number of amides is 2. The fourth-order valence-corrected chi connectivity index (χ4v) is 2.18. The fraction of sp³-hybridized carbons (Fsp3) is 0.133. The van der Waals surface area contributed by atoms with Crippen LogP contribution in [-0.2, 0) is 0 Å². The molecule has 110 valence electrons. The Bertz CT molecular complexity index is 643. The van der Waals surface area contributed by atoms with Gasteiger partial charge >= 0.3 is 6.03 Å². The van der Waals surface area contributed by atoms with Gasteiger partial charge in [-0.25, -0.2) is 4.79 Å². The van der Waals surface area contributed by atoms with Gasteiger partial charge < -0.3 is 15.7 Å². The Morgan fingerprint density at radius 2 is 1.76 bits per heavy atom. The Hall–Kier alpha value is -1.75. The number of urea groups is 1. The Balaban J connectivity index is 2.01. The first-order valence-corrected chi connectivity index (χ1v) is 7.02. The van der Waals surface area contributed by atoms with Gasteiger partial charge in [0.05, 0.1) is 16.8 Å². The third-order valence-corrected chi connectivity index (χ3v) is 3.38. The molecule has 0 bridgehead atoms. The van der Waals surface area contributed by atoms with Gasteiger partial charge in [0.2, 0.25) is 0 Å². The van der Waals surface area contributed by atoms with Crippen molar-refractivity contribution in [2.24, 2.45) is 0 Å². The second-order valence-electron chi connectivity index (χ2n) is 4.50. The highest BCUT2D eigenvalue weighted by Crippen LogP contribution is 2.25. The first kappa shape index (κ1) is 15.6. The average molecular weight is 325 g/mol. The summed E-state index contributed by atoms with van der Waals surface area (Å²) in [6.07, 6.45) is -0.541. The third-order valence-electron chi connectivity index (χ3n) is 2.83. The summed E-state index contributed by atoms with van der Waals surface area (Å²) in [5, 5.41) is 15.6. The Morgan fingerprint density at radius 3 is 2.33 bits per heavy atom. The molecular weight excluding hydrogens is 311 g/mol. The molecule has 21 heavy (non-hydrogen) atoms.